The summed E-state index contributed by atoms with van der Waals surface area (Å²) in [6, 6.07) is 9.48. The molecule has 7 heteroatoms. The number of carbonyl (C=O) groups is 1. The molecule has 1 aliphatic rings. The Morgan fingerprint density at radius 2 is 2.16 bits per heavy atom. The van der Waals surface area contributed by atoms with E-state index in [9.17, 15) is 9.18 Å². The molecule has 2 heterocycles. The molecule has 1 aliphatic heterocycles. The zero-order valence-corrected chi connectivity index (χ0v) is 13.9. The minimum atomic E-state index is -0.437. The first-order valence-corrected chi connectivity index (χ1v) is 8.08. The molecule has 1 fully saturated rings. The van der Waals surface area contributed by atoms with Crippen LogP contribution in [0.15, 0.2) is 42.6 Å². The van der Waals surface area contributed by atoms with E-state index >= 15 is 0 Å². The Hall–Kier alpha value is -2.51. The maximum Gasteiger partial charge on any atom is 0.250 e. The standard InChI is InChI=1S/C18H20FN3O3/c1-20-18(23)16-12-22(8-9-24-16)11-13-2-7-17(21-10-13)25-15-5-3-14(19)4-6-15/h2-7,10,16H,8-9,11-12H2,1H3,(H,20,23)/t16-/m0/s1. The number of amides is 1. The predicted octanol–water partition coefficient (Wildman–Crippen LogP) is 1.96. The molecule has 1 amide bonds. The number of rotatable bonds is 5. The van der Waals surface area contributed by atoms with Gasteiger partial charge in [0.25, 0.3) is 0 Å². The number of carbonyl (C=O) groups excluding carboxylic acids is 1. The quantitative estimate of drug-likeness (QED) is 0.898. The van der Waals surface area contributed by atoms with Crippen molar-refractivity contribution in [3.05, 3.63) is 54.0 Å². The van der Waals surface area contributed by atoms with Crippen molar-refractivity contribution in [2.24, 2.45) is 0 Å². The average molecular weight is 345 g/mol. The fourth-order valence-corrected chi connectivity index (χ4v) is 2.61. The highest BCUT2D eigenvalue weighted by Gasteiger charge is 2.25. The zero-order valence-electron chi connectivity index (χ0n) is 13.9. The molecule has 2 aromatic rings. The lowest BCUT2D eigenvalue weighted by atomic mass is 10.2. The molecule has 0 unspecified atom stereocenters. The normalized spacial score (nSPS) is 17.9. The van der Waals surface area contributed by atoms with Gasteiger partial charge < -0.3 is 14.8 Å². The minimum absolute atomic E-state index is 0.106. The molecule has 0 aliphatic carbocycles. The molecule has 1 atom stereocenters. The Morgan fingerprint density at radius 1 is 1.36 bits per heavy atom. The van der Waals surface area contributed by atoms with Crippen molar-refractivity contribution in [1.82, 2.24) is 15.2 Å². The third-order valence-corrected chi connectivity index (χ3v) is 3.93. The number of pyridine rings is 1. The molecular formula is C18H20FN3O3. The van der Waals surface area contributed by atoms with Gasteiger partial charge in [-0.2, -0.15) is 0 Å². The van der Waals surface area contributed by atoms with Crippen LogP contribution in [0.3, 0.4) is 0 Å². The first-order valence-electron chi connectivity index (χ1n) is 8.08. The number of aromatic nitrogens is 1. The molecule has 3 rings (SSSR count). The summed E-state index contributed by atoms with van der Waals surface area (Å²) in [6.45, 7) is 2.52. The number of hydrogen-bond donors (Lipinski definition) is 1. The van der Waals surface area contributed by atoms with Crippen molar-refractivity contribution in [1.29, 1.82) is 0 Å². The largest absolute Gasteiger partial charge is 0.439 e. The maximum atomic E-state index is 12.9. The first kappa shape index (κ1) is 17.3. The Morgan fingerprint density at radius 3 is 2.84 bits per heavy atom. The van der Waals surface area contributed by atoms with E-state index in [1.54, 1.807) is 31.4 Å². The minimum Gasteiger partial charge on any atom is -0.439 e. The van der Waals surface area contributed by atoms with Gasteiger partial charge in [0, 0.05) is 38.9 Å². The highest BCUT2D eigenvalue weighted by molar-refractivity contribution is 5.80. The number of nitrogens with one attached hydrogen (secondary N) is 1. The molecule has 1 N–H and O–H groups in total. The van der Waals surface area contributed by atoms with Crippen LogP contribution in [0.1, 0.15) is 5.56 Å². The molecule has 132 valence electrons. The summed E-state index contributed by atoms with van der Waals surface area (Å²) in [6.07, 6.45) is 1.30. The molecule has 0 radical (unpaired) electrons. The molecule has 0 spiro atoms. The van der Waals surface area contributed by atoms with Crippen LogP contribution >= 0.6 is 0 Å². The van der Waals surface area contributed by atoms with Gasteiger partial charge in [-0.25, -0.2) is 9.37 Å². The number of likely N-dealkylation sites (N-methyl/N-ethyl adjacent to an activating group) is 1. The topological polar surface area (TPSA) is 63.7 Å². The van der Waals surface area contributed by atoms with Gasteiger partial charge in [-0.3, -0.25) is 9.69 Å². The fourth-order valence-electron chi connectivity index (χ4n) is 2.61. The van der Waals surface area contributed by atoms with Crippen LogP contribution in [-0.4, -0.2) is 48.6 Å². The van der Waals surface area contributed by atoms with Crippen LogP contribution in [0.25, 0.3) is 0 Å². The van der Waals surface area contributed by atoms with Crippen LogP contribution in [0.2, 0.25) is 0 Å². The summed E-state index contributed by atoms with van der Waals surface area (Å²) in [5.74, 6) is 0.561. The van der Waals surface area contributed by atoms with E-state index in [-0.39, 0.29) is 11.7 Å². The smallest absolute Gasteiger partial charge is 0.250 e. The summed E-state index contributed by atoms with van der Waals surface area (Å²) >= 11 is 0. The van der Waals surface area contributed by atoms with Crippen LogP contribution in [-0.2, 0) is 16.1 Å². The fraction of sp³-hybridized carbons (Fsp3) is 0.333. The van der Waals surface area contributed by atoms with E-state index in [2.05, 4.69) is 15.2 Å². The summed E-state index contributed by atoms with van der Waals surface area (Å²) in [7, 11) is 1.61. The van der Waals surface area contributed by atoms with Gasteiger partial charge in [0.2, 0.25) is 11.8 Å². The van der Waals surface area contributed by atoms with Crippen LogP contribution in [0, 0.1) is 5.82 Å². The molecule has 1 aromatic heterocycles. The van der Waals surface area contributed by atoms with Gasteiger partial charge in [-0.15, -0.1) is 0 Å². The van der Waals surface area contributed by atoms with Crippen molar-refractivity contribution in [2.45, 2.75) is 12.6 Å². The number of ether oxygens (including phenoxy) is 2. The zero-order chi connectivity index (χ0) is 17.6. The molecule has 0 bridgehead atoms. The Labute approximate surface area is 145 Å². The van der Waals surface area contributed by atoms with Gasteiger partial charge in [0.1, 0.15) is 17.7 Å². The van der Waals surface area contributed by atoms with E-state index in [4.69, 9.17) is 9.47 Å². The monoisotopic (exact) mass is 345 g/mol. The van der Waals surface area contributed by atoms with Gasteiger partial charge >= 0.3 is 0 Å². The highest BCUT2D eigenvalue weighted by Crippen LogP contribution is 2.20. The third-order valence-electron chi connectivity index (χ3n) is 3.93. The van der Waals surface area contributed by atoms with Crippen molar-refractivity contribution in [2.75, 3.05) is 26.7 Å². The lowest BCUT2D eigenvalue weighted by Gasteiger charge is -2.31. The Kier molecular flexibility index (Phi) is 5.57. The number of benzene rings is 1. The van der Waals surface area contributed by atoms with E-state index in [0.29, 0.717) is 31.3 Å². The number of hydrogen-bond acceptors (Lipinski definition) is 5. The second-order valence-corrected chi connectivity index (χ2v) is 5.77. The Balaban J connectivity index is 1.57. The lowest BCUT2D eigenvalue weighted by Crippen LogP contribution is -2.48. The molecule has 0 saturated carbocycles. The van der Waals surface area contributed by atoms with Gasteiger partial charge in [0.05, 0.1) is 6.61 Å². The van der Waals surface area contributed by atoms with E-state index < -0.39 is 6.10 Å². The van der Waals surface area contributed by atoms with Crippen molar-refractivity contribution in [3.63, 3.8) is 0 Å². The van der Waals surface area contributed by atoms with Crippen LogP contribution in [0.5, 0.6) is 11.6 Å². The number of nitrogens with zero attached hydrogens (tertiary/aromatic N) is 2. The molecule has 25 heavy (non-hydrogen) atoms. The summed E-state index contributed by atoms with van der Waals surface area (Å²) in [4.78, 5) is 18.1. The lowest BCUT2D eigenvalue weighted by molar-refractivity contribution is -0.138. The second-order valence-electron chi connectivity index (χ2n) is 5.77. The highest BCUT2D eigenvalue weighted by atomic mass is 19.1. The Bertz CT molecular complexity index is 707. The summed E-state index contributed by atoms with van der Waals surface area (Å²) in [5.41, 5.74) is 1.02. The second kappa shape index (κ2) is 8.04. The van der Waals surface area contributed by atoms with Gasteiger partial charge in [-0.05, 0) is 29.8 Å². The van der Waals surface area contributed by atoms with E-state index in [0.717, 1.165) is 12.1 Å². The van der Waals surface area contributed by atoms with Gasteiger partial charge in [0.15, 0.2) is 0 Å². The van der Waals surface area contributed by atoms with Gasteiger partial charge in [-0.1, -0.05) is 6.07 Å². The van der Waals surface area contributed by atoms with Crippen molar-refractivity contribution in [3.8, 4) is 11.6 Å². The SMILES string of the molecule is CNC(=O)[C@@H]1CN(Cc2ccc(Oc3ccc(F)cc3)nc2)CCO1. The van der Waals surface area contributed by atoms with Crippen LogP contribution in [0.4, 0.5) is 4.39 Å². The van der Waals surface area contributed by atoms with E-state index in [1.807, 2.05) is 6.07 Å². The molecule has 6 nitrogen and oxygen atoms in total. The number of morpholine rings is 1. The average Bonchev–Trinajstić information content (AvgIpc) is 2.65. The van der Waals surface area contributed by atoms with Crippen molar-refractivity contribution >= 4 is 5.91 Å². The predicted molar refractivity (Wildman–Crippen MR) is 89.8 cm³/mol. The molecule has 1 aromatic carbocycles. The van der Waals surface area contributed by atoms with E-state index in [1.165, 1.54) is 12.1 Å². The van der Waals surface area contributed by atoms with Crippen molar-refractivity contribution < 1.29 is 18.7 Å². The summed E-state index contributed by atoms with van der Waals surface area (Å²) in [5, 5.41) is 2.61. The maximum absolute atomic E-state index is 12.9. The molecule has 1 saturated heterocycles. The summed E-state index contributed by atoms with van der Waals surface area (Å²) < 4.78 is 23.9. The number of halogens is 1. The van der Waals surface area contributed by atoms with Crippen LogP contribution < -0.4 is 10.1 Å². The first-order chi connectivity index (χ1) is 12.1. The molecular weight excluding hydrogens is 325 g/mol. The third kappa shape index (κ3) is 4.74.